The number of ether oxygens (including phenoxy) is 2. The summed E-state index contributed by atoms with van der Waals surface area (Å²) in [6.45, 7) is 8.86. The van der Waals surface area contributed by atoms with E-state index in [1.807, 2.05) is 31.7 Å². The molecular formula is C31H41N3O4. The van der Waals surface area contributed by atoms with E-state index in [1.165, 1.54) is 5.56 Å². The molecule has 1 atom stereocenters. The van der Waals surface area contributed by atoms with E-state index in [1.54, 1.807) is 0 Å². The standard InChI is InChI=1S/C31H41N3O4/c1-17-15-18(2)32-29(35)24(17)16-34-14-13-23-25(30(34)36)19(3)27-28(26(23)20-7-8-20)38-31(4,37-27)21-9-11-22(12-10-21)33(5)6/h15,20-22H,7-14,16H2,1-6H3,(H,32,35)/t21-,22-,31?. The fourth-order valence-corrected chi connectivity index (χ4v) is 7.12. The van der Waals surface area contributed by atoms with Crippen LogP contribution in [0.4, 0.5) is 0 Å². The van der Waals surface area contributed by atoms with E-state index in [0.717, 1.165) is 84.4 Å². The number of hydrogen-bond acceptors (Lipinski definition) is 5. The molecule has 1 amide bonds. The predicted octanol–water partition coefficient (Wildman–Crippen LogP) is 4.98. The van der Waals surface area contributed by atoms with E-state index < -0.39 is 5.79 Å². The van der Waals surface area contributed by atoms with Gasteiger partial charge in [-0.25, -0.2) is 0 Å². The molecule has 204 valence electrons. The monoisotopic (exact) mass is 519 g/mol. The van der Waals surface area contributed by atoms with Crippen molar-refractivity contribution in [3.8, 4) is 11.5 Å². The number of aromatic amines is 1. The van der Waals surface area contributed by atoms with Gasteiger partial charge in [-0.05, 0) is 103 Å². The van der Waals surface area contributed by atoms with Crippen LogP contribution >= 0.6 is 0 Å². The Bertz CT molecular complexity index is 1350. The van der Waals surface area contributed by atoms with Gasteiger partial charge in [-0.15, -0.1) is 0 Å². The second kappa shape index (κ2) is 9.15. The number of carbonyl (C=O) groups is 1. The van der Waals surface area contributed by atoms with Crippen molar-refractivity contribution in [1.29, 1.82) is 0 Å². The lowest BCUT2D eigenvalue weighted by Gasteiger charge is -2.39. The Morgan fingerprint density at radius 3 is 2.34 bits per heavy atom. The Morgan fingerprint density at radius 1 is 1.03 bits per heavy atom. The average Bonchev–Trinajstić information content (AvgIpc) is 3.63. The second-order valence-electron chi connectivity index (χ2n) is 12.4. The minimum absolute atomic E-state index is 0.00322. The molecule has 1 N–H and O–H groups in total. The van der Waals surface area contributed by atoms with Crippen LogP contribution in [0.3, 0.4) is 0 Å². The summed E-state index contributed by atoms with van der Waals surface area (Å²) in [6.07, 6.45) is 7.47. The van der Waals surface area contributed by atoms with Crippen molar-refractivity contribution in [2.24, 2.45) is 5.92 Å². The molecule has 0 bridgehead atoms. The summed E-state index contributed by atoms with van der Waals surface area (Å²) in [5.41, 5.74) is 6.31. The van der Waals surface area contributed by atoms with Crippen LogP contribution in [-0.2, 0) is 13.0 Å². The van der Waals surface area contributed by atoms with Crippen LogP contribution in [0.1, 0.15) is 95.2 Å². The van der Waals surface area contributed by atoms with Gasteiger partial charge in [0.1, 0.15) is 0 Å². The van der Waals surface area contributed by atoms with Crippen LogP contribution in [-0.4, -0.2) is 53.2 Å². The summed E-state index contributed by atoms with van der Waals surface area (Å²) in [4.78, 5) is 33.8. The first-order chi connectivity index (χ1) is 18.1. The molecule has 2 aromatic rings. The highest BCUT2D eigenvalue weighted by molar-refractivity contribution is 6.00. The normalized spacial score (nSPS) is 26.7. The number of benzene rings is 1. The number of pyridine rings is 1. The van der Waals surface area contributed by atoms with Gasteiger partial charge < -0.3 is 24.3 Å². The maximum Gasteiger partial charge on any atom is 0.254 e. The van der Waals surface area contributed by atoms with E-state index in [4.69, 9.17) is 9.47 Å². The van der Waals surface area contributed by atoms with E-state index in [9.17, 15) is 9.59 Å². The van der Waals surface area contributed by atoms with Gasteiger partial charge in [-0.1, -0.05) is 0 Å². The zero-order valence-electron chi connectivity index (χ0n) is 23.7. The molecule has 7 heteroatoms. The van der Waals surface area contributed by atoms with Crippen molar-refractivity contribution in [3.63, 3.8) is 0 Å². The van der Waals surface area contributed by atoms with Crippen molar-refractivity contribution in [2.45, 2.75) is 96.9 Å². The van der Waals surface area contributed by atoms with Gasteiger partial charge in [0.05, 0.1) is 6.54 Å². The van der Waals surface area contributed by atoms with Crippen molar-refractivity contribution in [1.82, 2.24) is 14.8 Å². The first kappa shape index (κ1) is 25.5. The molecule has 0 saturated heterocycles. The number of fused-ring (bicyclic) bond motifs is 2. The van der Waals surface area contributed by atoms with Crippen LogP contribution < -0.4 is 15.0 Å². The van der Waals surface area contributed by atoms with Gasteiger partial charge in [0.15, 0.2) is 11.5 Å². The Kier molecular flexibility index (Phi) is 6.13. The zero-order chi connectivity index (χ0) is 26.9. The van der Waals surface area contributed by atoms with E-state index in [-0.39, 0.29) is 11.5 Å². The lowest BCUT2D eigenvalue weighted by Crippen LogP contribution is -2.46. The number of H-pyrrole nitrogens is 1. The molecule has 0 radical (unpaired) electrons. The molecule has 1 aromatic heterocycles. The summed E-state index contributed by atoms with van der Waals surface area (Å²) in [6, 6.07) is 2.59. The van der Waals surface area contributed by atoms with E-state index in [0.29, 0.717) is 36.5 Å². The molecule has 2 aliphatic carbocycles. The van der Waals surface area contributed by atoms with Crippen LogP contribution in [0, 0.1) is 26.7 Å². The lowest BCUT2D eigenvalue weighted by atomic mass is 9.81. The number of nitrogens with one attached hydrogen (secondary N) is 1. The topological polar surface area (TPSA) is 74.9 Å². The molecule has 2 saturated carbocycles. The molecule has 6 rings (SSSR count). The summed E-state index contributed by atoms with van der Waals surface area (Å²) < 4.78 is 13.5. The maximum atomic E-state index is 14.0. The summed E-state index contributed by atoms with van der Waals surface area (Å²) >= 11 is 0. The minimum atomic E-state index is -0.701. The highest BCUT2D eigenvalue weighted by Gasteiger charge is 2.50. The molecule has 1 unspecified atom stereocenters. The molecule has 3 heterocycles. The number of aromatic nitrogens is 1. The third-order valence-electron chi connectivity index (χ3n) is 9.53. The van der Waals surface area contributed by atoms with Crippen molar-refractivity contribution < 1.29 is 14.3 Å². The van der Waals surface area contributed by atoms with Crippen molar-refractivity contribution in [2.75, 3.05) is 20.6 Å². The van der Waals surface area contributed by atoms with Gasteiger partial charge in [0, 0.05) is 53.4 Å². The Balaban J connectivity index is 1.33. The Hall–Kier alpha value is -2.80. The van der Waals surface area contributed by atoms with Crippen molar-refractivity contribution >= 4 is 5.91 Å². The first-order valence-corrected chi connectivity index (χ1v) is 14.3. The van der Waals surface area contributed by atoms with E-state index in [2.05, 4.69) is 30.9 Å². The second-order valence-corrected chi connectivity index (χ2v) is 12.4. The zero-order valence-corrected chi connectivity index (χ0v) is 23.7. The SMILES string of the molecule is Cc1cc(C)c(CN2CCc3c(c(C)c4c(c3C3CC3)OC(C)([C@H]3CC[C@H](N(C)C)CC3)O4)C2=O)c(=O)[nH]1. The van der Waals surface area contributed by atoms with Crippen LogP contribution in [0.2, 0.25) is 0 Å². The highest BCUT2D eigenvalue weighted by Crippen LogP contribution is 2.57. The summed E-state index contributed by atoms with van der Waals surface area (Å²) in [5, 5.41) is 0. The van der Waals surface area contributed by atoms with Crippen LogP contribution in [0.15, 0.2) is 10.9 Å². The van der Waals surface area contributed by atoms with Crippen LogP contribution in [0.5, 0.6) is 11.5 Å². The van der Waals surface area contributed by atoms with E-state index >= 15 is 0 Å². The molecule has 1 aromatic carbocycles. The number of aryl methyl sites for hydroxylation is 2. The van der Waals surface area contributed by atoms with Gasteiger partial charge in [0.25, 0.3) is 17.3 Å². The molecular weight excluding hydrogens is 478 g/mol. The number of hydrogen-bond donors (Lipinski definition) is 1. The number of rotatable bonds is 5. The molecule has 2 aliphatic heterocycles. The smallest absolute Gasteiger partial charge is 0.254 e. The van der Waals surface area contributed by atoms with Gasteiger partial charge in [-0.3, -0.25) is 9.59 Å². The summed E-state index contributed by atoms with van der Waals surface area (Å²) in [7, 11) is 4.33. The third-order valence-corrected chi connectivity index (χ3v) is 9.53. The maximum absolute atomic E-state index is 14.0. The predicted molar refractivity (Wildman–Crippen MR) is 147 cm³/mol. The first-order valence-electron chi connectivity index (χ1n) is 14.3. The average molecular weight is 520 g/mol. The third kappa shape index (κ3) is 4.14. The number of amides is 1. The fraction of sp³-hybridized carbons (Fsp3) is 0.613. The van der Waals surface area contributed by atoms with Gasteiger partial charge in [0.2, 0.25) is 0 Å². The molecule has 0 spiro atoms. The highest BCUT2D eigenvalue weighted by atomic mass is 16.7. The Morgan fingerprint density at radius 2 is 1.71 bits per heavy atom. The molecule has 2 fully saturated rings. The Labute approximate surface area is 225 Å². The molecule has 38 heavy (non-hydrogen) atoms. The minimum Gasteiger partial charge on any atom is -0.448 e. The van der Waals surface area contributed by atoms with Gasteiger partial charge in [-0.2, -0.15) is 0 Å². The van der Waals surface area contributed by atoms with Gasteiger partial charge >= 0.3 is 0 Å². The number of nitrogens with zero attached hydrogens (tertiary/aromatic N) is 2. The molecule has 7 nitrogen and oxygen atoms in total. The van der Waals surface area contributed by atoms with Crippen LogP contribution in [0.25, 0.3) is 0 Å². The fourth-order valence-electron chi connectivity index (χ4n) is 7.12. The number of carbonyl (C=O) groups excluding carboxylic acids is 1. The quantitative estimate of drug-likeness (QED) is 0.603. The summed E-state index contributed by atoms with van der Waals surface area (Å²) in [5.74, 6) is 1.72. The lowest BCUT2D eigenvalue weighted by molar-refractivity contribution is -0.123. The molecule has 4 aliphatic rings. The largest absolute Gasteiger partial charge is 0.448 e. The van der Waals surface area contributed by atoms with Crippen molar-refractivity contribution in [3.05, 3.63) is 55.5 Å².